The summed E-state index contributed by atoms with van der Waals surface area (Å²) >= 11 is 1.64. The number of fused-ring (bicyclic) bond motifs is 5. The van der Waals surface area contributed by atoms with Crippen LogP contribution in [-0.4, -0.2) is 22.1 Å². The highest BCUT2D eigenvalue weighted by atomic mass is 32.2. The van der Waals surface area contributed by atoms with Gasteiger partial charge >= 0.3 is 0 Å². The Hall–Kier alpha value is -1.71. The number of aromatic hydroxyl groups is 1. The van der Waals surface area contributed by atoms with Crippen molar-refractivity contribution in [2.45, 2.75) is 68.3 Å². The summed E-state index contributed by atoms with van der Waals surface area (Å²) in [6.45, 7) is 6.07. The first kappa shape index (κ1) is 21.2. The van der Waals surface area contributed by atoms with Crippen LogP contribution in [0.15, 0.2) is 47.9 Å². The van der Waals surface area contributed by atoms with E-state index in [-0.39, 0.29) is 0 Å². The van der Waals surface area contributed by atoms with E-state index in [1.807, 2.05) is 19.2 Å². The van der Waals surface area contributed by atoms with Gasteiger partial charge in [0.2, 0.25) is 0 Å². The fourth-order valence-electron chi connectivity index (χ4n) is 7.02. The number of hydrogen-bond acceptors (Lipinski definition) is 3. The van der Waals surface area contributed by atoms with E-state index in [1.165, 1.54) is 28.7 Å². The van der Waals surface area contributed by atoms with Gasteiger partial charge in [-0.25, -0.2) is 0 Å². The van der Waals surface area contributed by atoms with Gasteiger partial charge < -0.3 is 10.2 Å². The molecule has 5 rings (SSSR count). The van der Waals surface area contributed by atoms with Crippen LogP contribution in [0.5, 0.6) is 5.75 Å². The molecule has 0 bridgehead atoms. The van der Waals surface area contributed by atoms with Crippen LogP contribution >= 0.6 is 11.8 Å². The molecule has 5 atom stereocenters. The number of benzene rings is 2. The second-order valence-electron chi connectivity index (χ2n) is 10.2. The molecule has 2 aromatic carbocycles. The number of rotatable bonds is 4. The molecule has 3 heteroatoms. The lowest BCUT2D eigenvalue weighted by Gasteiger charge is -2.47. The molecule has 0 heterocycles. The van der Waals surface area contributed by atoms with E-state index < -0.39 is 5.60 Å². The Morgan fingerprint density at radius 2 is 1.87 bits per heavy atom. The molecule has 4 unspecified atom stereocenters. The summed E-state index contributed by atoms with van der Waals surface area (Å²) in [5, 5.41) is 22.1. The molecule has 0 aliphatic heterocycles. The summed E-state index contributed by atoms with van der Waals surface area (Å²) in [6.07, 6.45) is 9.40. The Bertz CT molecular complexity index is 995. The molecule has 0 amide bonds. The van der Waals surface area contributed by atoms with E-state index in [2.05, 4.69) is 36.9 Å². The van der Waals surface area contributed by atoms with Gasteiger partial charge in [0, 0.05) is 11.3 Å². The average molecular weight is 435 g/mol. The lowest BCUT2D eigenvalue weighted by atomic mass is 9.59. The van der Waals surface area contributed by atoms with Gasteiger partial charge in [-0.05, 0) is 110 Å². The Balaban J connectivity index is 1.37. The third-order valence-electron chi connectivity index (χ3n) is 8.52. The van der Waals surface area contributed by atoms with Gasteiger partial charge in [0.15, 0.2) is 0 Å². The molecule has 31 heavy (non-hydrogen) atoms. The van der Waals surface area contributed by atoms with E-state index in [0.717, 1.165) is 49.0 Å². The zero-order valence-corrected chi connectivity index (χ0v) is 19.5. The molecule has 2 N–H and O–H groups in total. The average Bonchev–Trinajstić information content (AvgIpc) is 3.10. The van der Waals surface area contributed by atoms with Crippen LogP contribution in [-0.2, 0) is 12.8 Å². The molecular weight excluding hydrogens is 400 g/mol. The van der Waals surface area contributed by atoms with Crippen molar-refractivity contribution < 1.29 is 10.2 Å². The fraction of sp³-hybridized carbons (Fsp3) is 0.500. The van der Waals surface area contributed by atoms with Gasteiger partial charge in [-0.2, -0.15) is 0 Å². The first-order chi connectivity index (χ1) is 14.9. The van der Waals surface area contributed by atoms with Crippen molar-refractivity contribution in [2.24, 2.45) is 17.8 Å². The predicted molar refractivity (Wildman–Crippen MR) is 130 cm³/mol. The van der Waals surface area contributed by atoms with Crippen molar-refractivity contribution in [1.29, 1.82) is 0 Å². The highest BCUT2D eigenvalue weighted by Crippen LogP contribution is 2.59. The van der Waals surface area contributed by atoms with Crippen LogP contribution in [0.4, 0.5) is 0 Å². The van der Waals surface area contributed by atoms with Gasteiger partial charge in [0.1, 0.15) is 5.75 Å². The molecule has 2 fully saturated rings. The topological polar surface area (TPSA) is 40.5 Å². The van der Waals surface area contributed by atoms with Crippen LogP contribution in [0, 0.1) is 17.8 Å². The minimum Gasteiger partial charge on any atom is -0.507 e. The van der Waals surface area contributed by atoms with Crippen LogP contribution in [0.1, 0.15) is 67.2 Å². The van der Waals surface area contributed by atoms with Crippen molar-refractivity contribution in [3.63, 3.8) is 0 Å². The van der Waals surface area contributed by atoms with Crippen LogP contribution in [0.3, 0.4) is 0 Å². The first-order valence-corrected chi connectivity index (χ1v) is 13.0. The quantitative estimate of drug-likeness (QED) is 0.534. The van der Waals surface area contributed by atoms with Gasteiger partial charge in [-0.1, -0.05) is 36.4 Å². The van der Waals surface area contributed by atoms with Gasteiger partial charge in [0.05, 0.1) is 5.60 Å². The molecule has 0 aromatic heterocycles. The number of aryl methyl sites for hydroxylation is 1. The number of phenolic OH excluding ortho intramolecular Hbond substituents is 1. The zero-order valence-electron chi connectivity index (χ0n) is 18.7. The van der Waals surface area contributed by atoms with Crippen LogP contribution in [0.2, 0.25) is 0 Å². The summed E-state index contributed by atoms with van der Waals surface area (Å²) in [4.78, 5) is 1.00. The van der Waals surface area contributed by atoms with E-state index in [0.29, 0.717) is 29.4 Å². The Kier molecular flexibility index (Phi) is 5.46. The number of phenols is 1. The monoisotopic (exact) mass is 434 g/mol. The second-order valence-corrected chi connectivity index (χ2v) is 11.0. The summed E-state index contributed by atoms with van der Waals surface area (Å²) < 4.78 is 0. The Labute approximate surface area is 190 Å². The maximum absolute atomic E-state index is 11.8. The van der Waals surface area contributed by atoms with Crippen molar-refractivity contribution in [2.75, 3.05) is 6.26 Å². The summed E-state index contributed by atoms with van der Waals surface area (Å²) in [5.74, 6) is 2.73. The Morgan fingerprint density at radius 1 is 1.10 bits per heavy atom. The molecule has 2 nitrogen and oxygen atoms in total. The molecule has 0 radical (unpaired) electrons. The summed E-state index contributed by atoms with van der Waals surface area (Å²) in [5.41, 5.74) is 5.75. The van der Waals surface area contributed by atoms with Crippen LogP contribution in [0.25, 0.3) is 5.57 Å². The van der Waals surface area contributed by atoms with Crippen molar-refractivity contribution in [1.82, 2.24) is 0 Å². The first-order valence-electron chi connectivity index (χ1n) is 11.8. The number of allylic oxidation sites excluding steroid dienone is 1. The Morgan fingerprint density at radius 3 is 2.58 bits per heavy atom. The second kappa shape index (κ2) is 8.01. The molecule has 2 aromatic rings. The molecule has 0 saturated heterocycles. The lowest BCUT2D eigenvalue weighted by Crippen LogP contribution is -2.43. The molecule has 2 saturated carbocycles. The normalized spacial score (nSPS) is 31.6. The van der Waals surface area contributed by atoms with Gasteiger partial charge in [0.25, 0.3) is 0 Å². The van der Waals surface area contributed by atoms with Gasteiger partial charge in [-0.3, -0.25) is 0 Å². The predicted octanol–water partition coefficient (Wildman–Crippen LogP) is 6.59. The number of hydrogen-bond donors (Lipinski definition) is 2. The van der Waals surface area contributed by atoms with Crippen LogP contribution < -0.4 is 0 Å². The number of aliphatic hydroxyl groups is 1. The largest absolute Gasteiger partial charge is 0.507 e. The van der Waals surface area contributed by atoms with Gasteiger partial charge in [-0.15, -0.1) is 11.8 Å². The molecule has 3 aliphatic rings. The molecule has 0 spiro atoms. The lowest BCUT2D eigenvalue weighted by molar-refractivity contribution is -0.0347. The minimum atomic E-state index is -0.569. The minimum absolute atomic E-state index is 0.410. The standard InChI is InChI=1S/C28H34O2S/c1-17(2)19-6-4-18(5-7-19)16-28(30)13-12-23-21-9-8-20-14-26(29)27(31-3)15-24(20)22(21)10-11-25(23)28/h4-7,14-15,21-23,25,29-30H,1,8-13,16H2,2-3H3/t21?,22?,23?,25?,28-/m1/s1. The van der Waals surface area contributed by atoms with Crippen molar-refractivity contribution >= 4 is 17.3 Å². The highest BCUT2D eigenvalue weighted by Gasteiger charge is 2.53. The van der Waals surface area contributed by atoms with E-state index in [1.54, 1.807) is 11.8 Å². The maximum atomic E-state index is 11.8. The van der Waals surface area contributed by atoms with E-state index >= 15 is 0 Å². The fourth-order valence-corrected chi connectivity index (χ4v) is 7.54. The molecular formula is C28H34O2S. The molecule has 3 aliphatic carbocycles. The summed E-state index contributed by atoms with van der Waals surface area (Å²) in [7, 11) is 0. The maximum Gasteiger partial charge on any atom is 0.129 e. The summed E-state index contributed by atoms with van der Waals surface area (Å²) in [6, 6.07) is 12.9. The van der Waals surface area contributed by atoms with E-state index in [9.17, 15) is 10.2 Å². The molecule has 164 valence electrons. The third kappa shape index (κ3) is 3.64. The SMILES string of the molecule is C=C(C)c1ccc(C[C@]2(O)CCC3C4CCc5cc(O)c(SC)cc5C4CCC32)cc1. The highest BCUT2D eigenvalue weighted by molar-refractivity contribution is 7.98. The third-order valence-corrected chi connectivity index (χ3v) is 9.28. The van der Waals surface area contributed by atoms with E-state index in [4.69, 9.17) is 0 Å². The van der Waals surface area contributed by atoms with Crippen molar-refractivity contribution in [3.05, 3.63) is 65.2 Å². The zero-order chi connectivity index (χ0) is 21.8. The smallest absolute Gasteiger partial charge is 0.129 e. The number of thioether (sulfide) groups is 1. The van der Waals surface area contributed by atoms with Crippen molar-refractivity contribution in [3.8, 4) is 5.75 Å².